The lowest BCUT2D eigenvalue weighted by Gasteiger charge is -2.20. The smallest absolute Gasteiger partial charge is 0.257 e. The highest BCUT2D eigenvalue weighted by atomic mass is 16.5. The van der Waals surface area contributed by atoms with E-state index < -0.39 is 0 Å². The highest BCUT2D eigenvalue weighted by molar-refractivity contribution is 5.53. The Morgan fingerprint density at radius 3 is 2.71 bits per heavy atom. The average Bonchev–Trinajstić information content (AvgIpc) is 3.30. The van der Waals surface area contributed by atoms with Gasteiger partial charge in [0.1, 0.15) is 0 Å². The fourth-order valence-electron chi connectivity index (χ4n) is 3.19. The predicted molar refractivity (Wildman–Crippen MR) is 88.1 cm³/mol. The van der Waals surface area contributed by atoms with E-state index in [2.05, 4.69) is 27.1 Å². The Hall–Kier alpha value is -2.47. The highest BCUT2D eigenvalue weighted by Gasteiger charge is 2.30. The van der Waals surface area contributed by atoms with Crippen molar-refractivity contribution < 1.29 is 9.05 Å². The van der Waals surface area contributed by atoms with Crippen LogP contribution in [0, 0.1) is 13.8 Å². The van der Waals surface area contributed by atoms with E-state index >= 15 is 0 Å². The quantitative estimate of drug-likeness (QED) is 0.729. The monoisotopic (exact) mass is 324 g/mol. The van der Waals surface area contributed by atoms with Crippen molar-refractivity contribution in [3.63, 3.8) is 0 Å². The van der Waals surface area contributed by atoms with Crippen LogP contribution in [0.15, 0.2) is 39.4 Å². The lowest BCUT2D eigenvalue weighted by molar-refractivity contribution is 0.200. The van der Waals surface area contributed by atoms with Crippen molar-refractivity contribution in [3.8, 4) is 11.5 Å². The summed E-state index contributed by atoms with van der Waals surface area (Å²) < 4.78 is 10.9. The van der Waals surface area contributed by atoms with Gasteiger partial charge in [0.05, 0.1) is 18.3 Å². The lowest BCUT2D eigenvalue weighted by Crippen LogP contribution is -2.23. The second-order valence-corrected chi connectivity index (χ2v) is 6.38. The summed E-state index contributed by atoms with van der Waals surface area (Å²) >= 11 is 0. The Labute approximate surface area is 140 Å². The van der Waals surface area contributed by atoms with E-state index in [1.807, 2.05) is 37.3 Å². The van der Waals surface area contributed by atoms with Gasteiger partial charge in [0.25, 0.3) is 5.89 Å². The van der Waals surface area contributed by atoms with Gasteiger partial charge in [-0.3, -0.25) is 4.90 Å². The number of nitrogens with zero attached hydrogens (tertiary/aromatic N) is 4. The molecule has 6 heteroatoms. The van der Waals surface area contributed by atoms with Crippen molar-refractivity contribution in [1.82, 2.24) is 20.2 Å². The molecule has 0 amide bonds. The molecule has 0 spiro atoms. The molecule has 6 nitrogen and oxygen atoms in total. The molecule has 0 aliphatic carbocycles. The first kappa shape index (κ1) is 15.1. The van der Waals surface area contributed by atoms with Crippen LogP contribution in [0.5, 0.6) is 0 Å². The molecular formula is C18H20N4O2. The fourth-order valence-corrected chi connectivity index (χ4v) is 3.19. The van der Waals surface area contributed by atoms with Gasteiger partial charge in [-0.15, -0.1) is 0 Å². The average molecular weight is 324 g/mol. The second kappa shape index (κ2) is 6.20. The standard InChI is InChI=1S/C18H20N4O2/c1-12-5-7-14(8-6-12)18-19-17(21-24-18)11-22-9-3-4-15(22)16-10-13(2)20-23-16/h5-8,10,15H,3-4,9,11H2,1-2H3. The molecule has 3 heterocycles. The number of aryl methyl sites for hydroxylation is 2. The summed E-state index contributed by atoms with van der Waals surface area (Å²) in [5.74, 6) is 2.19. The molecule has 0 saturated carbocycles. The van der Waals surface area contributed by atoms with Gasteiger partial charge in [-0.25, -0.2) is 0 Å². The van der Waals surface area contributed by atoms with E-state index in [4.69, 9.17) is 9.05 Å². The first-order chi connectivity index (χ1) is 11.7. The van der Waals surface area contributed by atoms with Gasteiger partial charge in [0, 0.05) is 11.6 Å². The molecule has 1 fully saturated rings. The lowest BCUT2D eigenvalue weighted by atomic mass is 10.1. The van der Waals surface area contributed by atoms with Gasteiger partial charge in [0.15, 0.2) is 11.6 Å². The number of likely N-dealkylation sites (tertiary alicyclic amines) is 1. The Bertz CT molecular complexity index is 822. The van der Waals surface area contributed by atoms with Crippen LogP contribution >= 0.6 is 0 Å². The van der Waals surface area contributed by atoms with Crippen LogP contribution in [-0.2, 0) is 6.54 Å². The summed E-state index contributed by atoms with van der Waals surface area (Å²) in [7, 11) is 0. The third-order valence-electron chi connectivity index (χ3n) is 4.45. The molecule has 0 radical (unpaired) electrons. The van der Waals surface area contributed by atoms with E-state index in [0.717, 1.165) is 36.4 Å². The van der Waals surface area contributed by atoms with Crippen molar-refractivity contribution in [2.75, 3.05) is 6.54 Å². The van der Waals surface area contributed by atoms with Gasteiger partial charge in [-0.05, 0) is 45.4 Å². The van der Waals surface area contributed by atoms with Crippen LogP contribution in [-0.4, -0.2) is 26.7 Å². The molecule has 1 aromatic carbocycles. The topological polar surface area (TPSA) is 68.2 Å². The molecule has 1 aliphatic rings. The maximum Gasteiger partial charge on any atom is 0.257 e. The summed E-state index contributed by atoms with van der Waals surface area (Å²) in [6.45, 7) is 5.65. The SMILES string of the molecule is Cc1ccc(-c2nc(CN3CCCC3c3cc(C)no3)no2)cc1. The summed E-state index contributed by atoms with van der Waals surface area (Å²) in [6.07, 6.45) is 2.20. The normalized spacial score (nSPS) is 18.3. The number of hydrogen-bond acceptors (Lipinski definition) is 6. The van der Waals surface area contributed by atoms with Crippen LogP contribution in [0.3, 0.4) is 0 Å². The van der Waals surface area contributed by atoms with Crippen molar-refractivity contribution in [2.24, 2.45) is 0 Å². The van der Waals surface area contributed by atoms with E-state index in [0.29, 0.717) is 18.3 Å². The molecule has 0 bridgehead atoms. The molecule has 1 unspecified atom stereocenters. The minimum Gasteiger partial charge on any atom is -0.359 e. The zero-order chi connectivity index (χ0) is 16.5. The second-order valence-electron chi connectivity index (χ2n) is 6.38. The van der Waals surface area contributed by atoms with Gasteiger partial charge >= 0.3 is 0 Å². The van der Waals surface area contributed by atoms with Crippen molar-refractivity contribution in [2.45, 2.75) is 39.3 Å². The van der Waals surface area contributed by atoms with Crippen LogP contribution in [0.25, 0.3) is 11.5 Å². The number of aromatic nitrogens is 3. The van der Waals surface area contributed by atoms with Crippen LogP contribution < -0.4 is 0 Å². The molecule has 0 N–H and O–H groups in total. The number of benzene rings is 1. The highest BCUT2D eigenvalue weighted by Crippen LogP contribution is 2.33. The Morgan fingerprint density at radius 2 is 1.96 bits per heavy atom. The molecule has 24 heavy (non-hydrogen) atoms. The maximum atomic E-state index is 5.45. The third-order valence-corrected chi connectivity index (χ3v) is 4.45. The summed E-state index contributed by atoms with van der Waals surface area (Å²) in [4.78, 5) is 6.86. The van der Waals surface area contributed by atoms with E-state index in [1.54, 1.807) is 0 Å². The molecule has 4 rings (SSSR count). The minimum atomic E-state index is 0.243. The zero-order valence-electron chi connectivity index (χ0n) is 13.9. The molecular weight excluding hydrogens is 304 g/mol. The van der Waals surface area contributed by atoms with Gasteiger partial charge in [-0.1, -0.05) is 28.0 Å². The predicted octanol–water partition coefficient (Wildman–Crippen LogP) is 3.68. The summed E-state index contributed by atoms with van der Waals surface area (Å²) in [5, 5.41) is 8.14. The molecule has 1 aliphatic heterocycles. The first-order valence-electron chi connectivity index (χ1n) is 8.26. The maximum absolute atomic E-state index is 5.45. The van der Waals surface area contributed by atoms with E-state index in [9.17, 15) is 0 Å². The fraction of sp³-hybridized carbons (Fsp3) is 0.389. The third kappa shape index (κ3) is 2.97. The van der Waals surface area contributed by atoms with Gasteiger partial charge < -0.3 is 9.05 Å². The molecule has 1 saturated heterocycles. The number of hydrogen-bond donors (Lipinski definition) is 0. The van der Waals surface area contributed by atoms with Crippen molar-refractivity contribution in [1.29, 1.82) is 0 Å². The Balaban J connectivity index is 1.50. The Kier molecular flexibility index (Phi) is 3.90. The van der Waals surface area contributed by atoms with Crippen LogP contribution in [0.4, 0.5) is 0 Å². The minimum absolute atomic E-state index is 0.243. The van der Waals surface area contributed by atoms with E-state index in [-0.39, 0.29) is 6.04 Å². The molecule has 124 valence electrons. The zero-order valence-corrected chi connectivity index (χ0v) is 13.9. The van der Waals surface area contributed by atoms with E-state index in [1.165, 1.54) is 5.56 Å². The van der Waals surface area contributed by atoms with Crippen molar-refractivity contribution in [3.05, 3.63) is 53.2 Å². The van der Waals surface area contributed by atoms with Crippen LogP contribution in [0.1, 0.15) is 41.7 Å². The van der Waals surface area contributed by atoms with Crippen LogP contribution in [0.2, 0.25) is 0 Å². The Morgan fingerprint density at radius 1 is 1.12 bits per heavy atom. The summed E-state index contributed by atoms with van der Waals surface area (Å²) in [6, 6.07) is 10.3. The van der Waals surface area contributed by atoms with Gasteiger partial charge in [0.2, 0.25) is 0 Å². The molecule has 3 aromatic rings. The van der Waals surface area contributed by atoms with Crippen molar-refractivity contribution >= 4 is 0 Å². The van der Waals surface area contributed by atoms with Gasteiger partial charge in [-0.2, -0.15) is 4.98 Å². The largest absolute Gasteiger partial charge is 0.359 e. The summed E-state index contributed by atoms with van der Waals surface area (Å²) in [5.41, 5.74) is 3.07. The number of rotatable bonds is 4. The molecule has 2 aromatic heterocycles. The first-order valence-corrected chi connectivity index (χ1v) is 8.26. The molecule has 1 atom stereocenters.